The highest BCUT2D eigenvalue weighted by molar-refractivity contribution is 6.35. The number of hydrogen-bond donors (Lipinski definition) is 1. The number of amides is 1. The quantitative estimate of drug-likeness (QED) is 0.300. The number of nitrogens with one attached hydrogen (secondary N) is 1. The van der Waals surface area contributed by atoms with Gasteiger partial charge >= 0.3 is 6.18 Å². The van der Waals surface area contributed by atoms with E-state index >= 15 is 0 Å². The molecule has 188 valence electrons. The van der Waals surface area contributed by atoms with Gasteiger partial charge in [0.05, 0.1) is 22.0 Å². The zero-order valence-corrected chi connectivity index (χ0v) is 21.3. The molecule has 0 aliphatic rings. The summed E-state index contributed by atoms with van der Waals surface area (Å²) in [7, 11) is 3.57. The lowest BCUT2D eigenvalue weighted by Gasteiger charge is -2.14. The highest BCUT2D eigenvalue weighted by Gasteiger charge is 2.38. The summed E-state index contributed by atoms with van der Waals surface area (Å²) in [6.45, 7) is 0.608. The van der Waals surface area contributed by atoms with E-state index in [2.05, 4.69) is 15.4 Å². The number of pyridine rings is 1. The Balaban J connectivity index is 1.99. The molecular weight excluding hydrogens is 538 g/mol. The highest BCUT2D eigenvalue weighted by Crippen LogP contribution is 2.38. The van der Waals surface area contributed by atoms with Crippen LogP contribution in [0.25, 0.3) is 28.0 Å². The van der Waals surface area contributed by atoms with E-state index in [1.165, 1.54) is 10.7 Å². The summed E-state index contributed by atoms with van der Waals surface area (Å²) in [6, 6.07) is 12.5. The molecule has 1 amide bonds. The van der Waals surface area contributed by atoms with Crippen LogP contribution in [0.3, 0.4) is 0 Å². The van der Waals surface area contributed by atoms with Gasteiger partial charge < -0.3 is 10.2 Å². The van der Waals surface area contributed by atoms with Gasteiger partial charge in [-0.2, -0.15) is 13.2 Å². The van der Waals surface area contributed by atoms with Gasteiger partial charge in [-0.05, 0) is 50.5 Å². The van der Waals surface area contributed by atoms with Crippen LogP contribution in [0, 0.1) is 0 Å². The molecule has 0 fully saturated rings. The summed E-state index contributed by atoms with van der Waals surface area (Å²) in [6.07, 6.45) is -4.88. The van der Waals surface area contributed by atoms with Gasteiger partial charge in [0.15, 0.2) is 11.3 Å². The van der Waals surface area contributed by atoms with E-state index in [-0.39, 0.29) is 22.6 Å². The van der Waals surface area contributed by atoms with Crippen LogP contribution in [-0.2, 0) is 6.18 Å². The van der Waals surface area contributed by atoms with Crippen molar-refractivity contribution in [3.05, 3.63) is 74.9 Å². The fraction of sp³-hybridized carbons (Fsp3) is 0.208. The van der Waals surface area contributed by atoms with Crippen molar-refractivity contribution in [3.63, 3.8) is 0 Å². The molecule has 0 bridgehead atoms. The van der Waals surface area contributed by atoms with Crippen molar-refractivity contribution in [2.75, 3.05) is 27.2 Å². The summed E-state index contributed by atoms with van der Waals surface area (Å²) >= 11 is 18.5. The molecule has 36 heavy (non-hydrogen) atoms. The second kappa shape index (κ2) is 10.3. The molecule has 0 saturated heterocycles. The first-order chi connectivity index (χ1) is 17.0. The number of likely N-dealkylation sites (N-methyl/N-ethyl adjacent to an activating group) is 1. The summed E-state index contributed by atoms with van der Waals surface area (Å²) in [5, 5.41) is 8.17. The van der Waals surface area contributed by atoms with Crippen LogP contribution >= 0.6 is 34.8 Å². The number of benzene rings is 2. The van der Waals surface area contributed by atoms with Gasteiger partial charge in [-0.3, -0.25) is 4.79 Å². The van der Waals surface area contributed by atoms with Gasteiger partial charge in [0.25, 0.3) is 5.91 Å². The Bertz CT molecular complexity index is 1440. The number of nitrogens with zero attached hydrogens (tertiary/aromatic N) is 4. The van der Waals surface area contributed by atoms with E-state index in [4.69, 9.17) is 34.8 Å². The summed E-state index contributed by atoms with van der Waals surface area (Å²) in [4.78, 5) is 18.4. The Hall–Kier alpha value is -2.85. The van der Waals surface area contributed by atoms with Gasteiger partial charge in [-0.1, -0.05) is 46.9 Å². The van der Waals surface area contributed by atoms with Crippen molar-refractivity contribution in [2.45, 2.75) is 6.18 Å². The van der Waals surface area contributed by atoms with Crippen LogP contribution < -0.4 is 5.32 Å². The lowest BCUT2D eigenvalue weighted by atomic mass is 10.0. The summed E-state index contributed by atoms with van der Waals surface area (Å²) < 4.78 is 43.3. The third-order valence-electron chi connectivity index (χ3n) is 5.28. The largest absolute Gasteiger partial charge is 0.434 e. The van der Waals surface area contributed by atoms with Gasteiger partial charge in [-0.25, -0.2) is 9.67 Å². The standard InChI is InChI=1S/C24H19Cl3F3N5O/c1-34(2)10-9-31-23(36)17-12-16-20(13-3-5-14(25)6-4-13)35(19-8-7-15(26)11-18(19)27)33-22(16)32-21(17)24(28,29)30/h3-8,11-12H,9-10H2,1-2H3,(H,31,36). The molecular formula is C24H19Cl3F3N5O. The average molecular weight is 557 g/mol. The molecule has 2 aromatic carbocycles. The Morgan fingerprint density at radius 2 is 1.69 bits per heavy atom. The lowest BCUT2D eigenvalue weighted by Crippen LogP contribution is -2.32. The summed E-state index contributed by atoms with van der Waals surface area (Å²) in [5.74, 6) is -0.891. The maximum absolute atomic E-state index is 14.0. The van der Waals surface area contributed by atoms with E-state index in [1.54, 1.807) is 55.4 Å². The van der Waals surface area contributed by atoms with Gasteiger partial charge in [0.1, 0.15) is 0 Å². The predicted octanol–water partition coefficient (Wildman–Crippen LogP) is 6.36. The second-order valence-electron chi connectivity index (χ2n) is 8.18. The molecule has 0 atom stereocenters. The molecule has 6 nitrogen and oxygen atoms in total. The van der Waals surface area contributed by atoms with Crippen LogP contribution in [0.1, 0.15) is 16.1 Å². The van der Waals surface area contributed by atoms with Gasteiger partial charge in [0.2, 0.25) is 0 Å². The maximum atomic E-state index is 14.0. The SMILES string of the molecule is CN(C)CCNC(=O)c1cc2c(-c3ccc(Cl)cc3)n(-c3ccc(Cl)cc3Cl)nc2nc1C(F)(F)F. The molecule has 2 heterocycles. The van der Waals surface area contributed by atoms with Crippen molar-refractivity contribution in [1.29, 1.82) is 0 Å². The number of carbonyl (C=O) groups is 1. The minimum absolute atomic E-state index is 0.158. The Kier molecular flexibility index (Phi) is 7.47. The Morgan fingerprint density at radius 3 is 2.31 bits per heavy atom. The molecule has 0 aliphatic carbocycles. The van der Waals surface area contributed by atoms with E-state index in [9.17, 15) is 18.0 Å². The monoisotopic (exact) mass is 555 g/mol. The molecule has 0 spiro atoms. The zero-order valence-electron chi connectivity index (χ0n) is 19.0. The Morgan fingerprint density at radius 1 is 1.03 bits per heavy atom. The van der Waals surface area contributed by atoms with E-state index in [0.717, 1.165) is 6.07 Å². The first-order valence-electron chi connectivity index (χ1n) is 10.6. The smallest absolute Gasteiger partial charge is 0.351 e. The first-order valence-corrected chi connectivity index (χ1v) is 11.7. The number of fused-ring (bicyclic) bond motifs is 1. The molecule has 0 radical (unpaired) electrons. The minimum atomic E-state index is -4.88. The van der Waals surface area contributed by atoms with Crippen molar-refractivity contribution in [2.24, 2.45) is 0 Å². The molecule has 1 N–H and O–H groups in total. The fourth-order valence-electron chi connectivity index (χ4n) is 3.60. The highest BCUT2D eigenvalue weighted by atomic mass is 35.5. The number of rotatable bonds is 6. The van der Waals surface area contributed by atoms with E-state index in [0.29, 0.717) is 33.5 Å². The van der Waals surface area contributed by atoms with Crippen LogP contribution in [0.15, 0.2) is 48.5 Å². The molecule has 0 aliphatic heterocycles. The van der Waals surface area contributed by atoms with Crippen molar-refractivity contribution >= 4 is 51.7 Å². The molecule has 0 saturated carbocycles. The number of aromatic nitrogens is 3. The molecule has 0 unspecified atom stereocenters. The third kappa shape index (κ3) is 5.44. The summed E-state index contributed by atoms with van der Waals surface area (Å²) in [5.41, 5.74) is -0.807. The molecule has 4 aromatic rings. The lowest BCUT2D eigenvalue weighted by molar-refractivity contribution is -0.141. The van der Waals surface area contributed by atoms with Gasteiger partial charge in [0, 0.05) is 34.1 Å². The van der Waals surface area contributed by atoms with Crippen molar-refractivity contribution in [3.8, 4) is 16.9 Å². The maximum Gasteiger partial charge on any atom is 0.434 e. The van der Waals surface area contributed by atoms with E-state index < -0.39 is 23.3 Å². The fourth-order valence-corrected chi connectivity index (χ4v) is 4.22. The Labute approximate surface area is 219 Å². The minimum Gasteiger partial charge on any atom is -0.351 e. The molecule has 4 rings (SSSR count). The van der Waals surface area contributed by atoms with Crippen LogP contribution in [0.4, 0.5) is 13.2 Å². The van der Waals surface area contributed by atoms with Gasteiger partial charge in [-0.15, -0.1) is 5.10 Å². The normalized spacial score (nSPS) is 11.9. The average Bonchev–Trinajstić information content (AvgIpc) is 3.16. The number of carbonyl (C=O) groups excluding carboxylic acids is 1. The van der Waals surface area contributed by atoms with Crippen LogP contribution in [0.5, 0.6) is 0 Å². The van der Waals surface area contributed by atoms with E-state index in [1.807, 2.05) is 0 Å². The number of halogens is 6. The zero-order chi connectivity index (χ0) is 26.2. The third-order valence-corrected chi connectivity index (χ3v) is 6.07. The van der Waals surface area contributed by atoms with Crippen molar-refractivity contribution in [1.82, 2.24) is 25.0 Å². The van der Waals surface area contributed by atoms with Crippen LogP contribution in [-0.4, -0.2) is 52.8 Å². The second-order valence-corrected chi connectivity index (χ2v) is 9.46. The number of alkyl halides is 3. The van der Waals surface area contributed by atoms with Crippen molar-refractivity contribution < 1.29 is 18.0 Å². The number of hydrogen-bond acceptors (Lipinski definition) is 4. The molecule has 2 aromatic heterocycles. The predicted molar refractivity (Wildman–Crippen MR) is 135 cm³/mol. The van der Waals surface area contributed by atoms with Crippen LogP contribution in [0.2, 0.25) is 15.1 Å². The first kappa shape index (κ1) is 26.2. The topological polar surface area (TPSA) is 63.1 Å². The molecule has 12 heteroatoms.